The summed E-state index contributed by atoms with van der Waals surface area (Å²) < 4.78 is 0. The maximum absolute atomic E-state index is 9.56. The molecular weight excluding hydrogens is 80.0 g/mol. The maximum Gasteiger partial charge on any atom is 0.303 e. The predicted octanol–water partition coefficient (Wildman–Crippen LogP) is 0.685. The lowest BCUT2D eigenvalue weighted by Gasteiger charge is -1.79. The lowest BCUT2D eigenvalue weighted by molar-refractivity contribution is -0.136. The molecule has 0 unspecified atom stereocenters. The van der Waals surface area contributed by atoms with Crippen molar-refractivity contribution < 1.29 is 9.90 Å². The Morgan fingerprint density at radius 3 is 2.33 bits per heavy atom. The van der Waals surface area contributed by atoms with Gasteiger partial charge in [0.25, 0.3) is 0 Å². The van der Waals surface area contributed by atoms with Gasteiger partial charge in [0.05, 0.1) is 0 Å². The van der Waals surface area contributed by atoms with E-state index in [4.69, 9.17) is 5.11 Å². The van der Waals surface area contributed by atoms with Gasteiger partial charge in [0, 0.05) is 6.42 Å². The van der Waals surface area contributed by atoms with Crippen molar-refractivity contribution in [2.24, 2.45) is 0 Å². The molecule has 0 atom stereocenters. The number of hydrogen-bond acceptors (Lipinski definition) is 1. The Morgan fingerprint density at radius 2 is 2.33 bits per heavy atom. The summed E-state index contributed by atoms with van der Waals surface area (Å²) in [5.41, 5.74) is 0. The van der Waals surface area contributed by atoms with Crippen LogP contribution in [0.2, 0.25) is 0 Å². The summed E-state index contributed by atoms with van der Waals surface area (Å²) in [6.07, 6.45) is 0.662. The van der Waals surface area contributed by atoms with E-state index in [0.717, 1.165) is 0 Å². The van der Waals surface area contributed by atoms with Crippen LogP contribution in [0.25, 0.3) is 0 Å². The van der Waals surface area contributed by atoms with Crippen molar-refractivity contribution in [2.45, 2.75) is 12.8 Å². The van der Waals surface area contributed by atoms with Crippen molar-refractivity contribution in [2.75, 3.05) is 0 Å². The zero-order chi connectivity index (χ0) is 4.99. The van der Waals surface area contributed by atoms with Crippen molar-refractivity contribution in [3.05, 3.63) is 6.92 Å². The van der Waals surface area contributed by atoms with Gasteiger partial charge in [0.15, 0.2) is 0 Å². The second kappa shape index (κ2) is 2.69. The molecule has 0 saturated heterocycles. The van der Waals surface area contributed by atoms with Crippen molar-refractivity contribution >= 4 is 5.97 Å². The highest BCUT2D eigenvalue weighted by atomic mass is 16.4. The smallest absolute Gasteiger partial charge is 0.303 e. The van der Waals surface area contributed by atoms with Crippen LogP contribution in [0.1, 0.15) is 12.8 Å². The molecule has 0 amide bonds. The second-order valence-electron chi connectivity index (χ2n) is 0.997. The molecule has 0 saturated carbocycles. The zero-order valence-electron chi connectivity index (χ0n) is 3.48. The molecule has 0 spiro atoms. The number of hydrogen-bond donors (Lipinski definition) is 1. The van der Waals surface area contributed by atoms with Crippen molar-refractivity contribution in [1.29, 1.82) is 0 Å². The van der Waals surface area contributed by atoms with E-state index in [1.807, 2.05) is 0 Å². The Labute approximate surface area is 36.8 Å². The van der Waals surface area contributed by atoms with Gasteiger partial charge in [-0.2, -0.15) is 0 Å². The molecule has 0 rings (SSSR count). The van der Waals surface area contributed by atoms with Crippen LogP contribution in [0.3, 0.4) is 0 Å². The van der Waals surface area contributed by atoms with Gasteiger partial charge in [-0.15, -0.1) is 0 Å². The Bertz CT molecular complexity index is 49.5. The fourth-order valence-electron chi connectivity index (χ4n) is 0.151. The van der Waals surface area contributed by atoms with Crippen LogP contribution in [-0.4, -0.2) is 11.1 Å². The molecule has 35 valence electrons. The quantitative estimate of drug-likeness (QED) is 0.537. The van der Waals surface area contributed by atoms with E-state index >= 15 is 0 Å². The van der Waals surface area contributed by atoms with Gasteiger partial charge in [-0.3, -0.25) is 4.79 Å². The Hall–Kier alpha value is -0.530. The maximum atomic E-state index is 9.56. The molecule has 1 N–H and O–H groups in total. The summed E-state index contributed by atoms with van der Waals surface area (Å²) in [5, 5.41) is 7.87. The fraction of sp³-hybridized carbons (Fsp3) is 0.500. The van der Waals surface area contributed by atoms with E-state index in [2.05, 4.69) is 6.92 Å². The molecule has 0 aromatic carbocycles. The van der Waals surface area contributed by atoms with Crippen LogP contribution in [0.5, 0.6) is 0 Å². The molecule has 1 radical (unpaired) electrons. The number of carbonyl (C=O) groups is 1. The minimum Gasteiger partial charge on any atom is -0.481 e. The van der Waals surface area contributed by atoms with Gasteiger partial charge < -0.3 is 5.11 Å². The lowest BCUT2D eigenvalue weighted by Crippen LogP contribution is -1.90. The fourth-order valence-corrected chi connectivity index (χ4v) is 0.151. The molecule has 0 aliphatic heterocycles. The van der Waals surface area contributed by atoms with E-state index in [1.54, 1.807) is 0 Å². The molecule has 6 heavy (non-hydrogen) atoms. The van der Waals surface area contributed by atoms with Crippen molar-refractivity contribution in [1.82, 2.24) is 0 Å². The van der Waals surface area contributed by atoms with Gasteiger partial charge in [-0.05, 0) is 6.42 Å². The third-order valence-electron chi connectivity index (χ3n) is 0.391. The summed E-state index contributed by atoms with van der Waals surface area (Å²) in [5.74, 6) is -0.773. The summed E-state index contributed by atoms with van der Waals surface area (Å²) >= 11 is 0. The molecule has 0 bridgehead atoms. The molecule has 0 aliphatic rings. The highest BCUT2D eigenvalue weighted by molar-refractivity contribution is 5.66. The molecule has 0 aliphatic carbocycles. The van der Waals surface area contributed by atoms with E-state index in [0.29, 0.717) is 6.42 Å². The predicted molar refractivity (Wildman–Crippen MR) is 22.2 cm³/mol. The number of carboxylic acid groups (broad SMARTS) is 1. The van der Waals surface area contributed by atoms with Gasteiger partial charge in [-0.1, -0.05) is 6.92 Å². The normalized spacial score (nSPS) is 8.17. The number of aliphatic carboxylic acids is 1. The topological polar surface area (TPSA) is 37.3 Å². The van der Waals surface area contributed by atoms with Crippen LogP contribution < -0.4 is 0 Å². The Kier molecular flexibility index (Phi) is 2.46. The average Bonchev–Trinajstić information content (AvgIpc) is 1.35. The Morgan fingerprint density at radius 1 is 1.83 bits per heavy atom. The van der Waals surface area contributed by atoms with E-state index in [1.165, 1.54) is 0 Å². The number of rotatable bonds is 2. The third-order valence-corrected chi connectivity index (χ3v) is 0.391. The first kappa shape index (κ1) is 5.47. The van der Waals surface area contributed by atoms with Crippen LogP contribution in [0, 0.1) is 6.92 Å². The minimum atomic E-state index is -0.773. The molecule has 0 fully saturated rings. The summed E-state index contributed by atoms with van der Waals surface area (Å²) in [6.45, 7) is 3.34. The van der Waals surface area contributed by atoms with Crippen LogP contribution in [0.15, 0.2) is 0 Å². The van der Waals surface area contributed by atoms with Gasteiger partial charge in [-0.25, -0.2) is 0 Å². The molecular formula is C4H7O2. The SMILES string of the molecule is [CH2]CCC(=O)O. The van der Waals surface area contributed by atoms with Crippen LogP contribution >= 0.6 is 0 Å². The monoisotopic (exact) mass is 87.0 g/mol. The first-order valence-electron chi connectivity index (χ1n) is 1.78. The zero-order valence-corrected chi connectivity index (χ0v) is 3.48. The summed E-state index contributed by atoms with van der Waals surface area (Å²) in [4.78, 5) is 9.56. The summed E-state index contributed by atoms with van der Waals surface area (Å²) in [7, 11) is 0. The highest BCUT2D eigenvalue weighted by Gasteiger charge is 1.87. The van der Waals surface area contributed by atoms with Crippen molar-refractivity contribution in [3.63, 3.8) is 0 Å². The first-order chi connectivity index (χ1) is 2.77. The van der Waals surface area contributed by atoms with Gasteiger partial charge >= 0.3 is 5.97 Å². The Balaban J connectivity index is 2.83. The molecule has 0 aromatic rings. The largest absolute Gasteiger partial charge is 0.481 e. The van der Waals surface area contributed by atoms with E-state index in [-0.39, 0.29) is 6.42 Å². The summed E-state index contributed by atoms with van der Waals surface area (Å²) in [6, 6.07) is 0. The molecule has 0 heterocycles. The molecule has 2 nitrogen and oxygen atoms in total. The minimum absolute atomic E-state index is 0.181. The van der Waals surface area contributed by atoms with Crippen LogP contribution in [0.4, 0.5) is 0 Å². The molecule has 0 aromatic heterocycles. The average molecular weight is 87.1 g/mol. The van der Waals surface area contributed by atoms with Crippen molar-refractivity contribution in [3.8, 4) is 0 Å². The van der Waals surface area contributed by atoms with Gasteiger partial charge in [0.2, 0.25) is 0 Å². The first-order valence-corrected chi connectivity index (χ1v) is 1.78. The third kappa shape index (κ3) is 3.47. The molecule has 2 heteroatoms. The highest BCUT2D eigenvalue weighted by Crippen LogP contribution is 1.81. The van der Waals surface area contributed by atoms with Gasteiger partial charge in [0.1, 0.15) is 0 Å². The van der Waals surface area contributed by atoms with E-state index in [9.17, 15) is 4.79 Å². The standard InChI is InChI=1S/C4H7O2/c1-2-3-4(5)6/h1-3H2,(H,5,6). The number of carboxylic acids is 1. The lowest BCUT2D eigenvalue weighted by atomic mass is 10.4. The second-order valence-corrected chi connectivity index (χ2v) is 0.997. The van der Waals surface area contributed by atoms with E-state index < -0.39 is 5.97 Å². The van der Waals surface area contributed by atoms with Crippen LogP contribution in [-0.2, 0) is 4.79 Å².